The Kier molecular flexibility index (Phi) is 2.39. The molecule has 0 aromatic carbocycles. The summed E-state index contributed by atoms with van der Waals surface area (Å²) in [6, 6.07) is 3.90. The molecule has 0 bridgehead atoms. The number of aliphatic hydroxyl groups is 1. The molecule has 0 aliphatic heterocycles. The molecule has 0 amide bonds. The Balaban J connectivity index is 2.14. The van der Waals surface area contributed by atoms with Crippen LogP contribution in [0.2, 0.25) is 0 Å². The third kappa shape index (κ3) is 1.92. The van der Waals surface area contributed by atoms with Gasteiger partial charge >= 0.3 is 0 Å². The summed E-state index contributed by atoms with van der Waals surface area (Å²) in [4.78, 5) is 4.29. The fourth-order valence-electron chi connectivity index (χ4n) is 1.47. The number of pyridine rings is 1. The predicted molar refractivity (Wildman–Crippen MR) is 54.4 cm³/mol. The lowest BCUT2D eigenvalue weighted by atomic mass is 10.0. The van der Waals surface area contributed by atoms with Gasteiger partial charge in [-0.05, 0) is 52.7 Å². The van der Waals surface area contributed by atoms with E-state index >= 15 is 0 Å². The zero-order chi connectivity index (χ0) is 9.31. The van der Waals surface area contributed by atoms with Crippen LogP contribution in [-0.4, -0.2) is 16.7 Å². The summed E-state index contributed by atoms with van der Waals surface area (Å²) in [6.45, 7) is 0.288. The van der Waals surface area contributed by atoms with E-state index in [0.717, 1.165) is 29.4 Å². The predicted octanol–water partition coefficient (Wildman–Crippen LogP) is 2.16. The van der Waals surface area contributed by atoms with E-state index in [4.69, 9.17) is 5.11 Å². The number of nitrogens with zero attached hydrogens (tertiary/aromatic N) is 1. The molecule has 0 spiro atoms. The smallest absolute Gasteiger partial charge is 0.0551 e. The van der Waals surface area contributed by atoms with Gasteiger partial charge in [0.2, 0.25) is 0 Å². The maximum Gasteiger partial charge on any atom is 0.0551 e. The largest absolute Gasteiger partial charge is 0.396 e. The lowest BCUT2D eigenvalue weighted by Gasteiger charge is -2.11. The van der Waals surface area contributed by atoms with Crippen molar-refractivity contribution in [3.63, 3.8) is 0 Å². The van der Waals surface area contributed by atoms with Crippen LogP contribution in [0.25, 0.3) is 0 Å². The third-order valence-electron chi connectivity index (χ3n) is 2.67. The van der Waals surface area contributed by atoms with E-state index in [0.29, 0.717) is 0 Å². The first-order chi connectivity index (χ1) is 6.26. The summed E-state index contributed by atoms with van der Waals surface area (Å²) in [5.74, 6) is 0. The summed E-state index contributed by atoms with van der Waals surface area (Å²) >= 11 is 3.46. The molecule has 0 saturated heterocycles. The molecule has 0 unspecified atom stereocenters. The first-order valence-electron chi connectivity index (χ1n) is 4.46. The highest BCUT2D eigenvalue weighted by molar-refractivity contribution is 9.10. The van der Waals surface area contributed by atoms with Crippen molar-refractivity contribution in [2.24, 2.45) is 5.41 Å². The Morgan fingerprint density at radius 2 is 2.31 bits per heavy atom. The SMILES string of the molecule is OCC1(Cc2ncccc2Br)CC1. The standard InChI is InChI=1S/C10H12BrNO/c11-8-2-1-5-12-9(8)6-10(7-13)3-4-10/h1-2,5,13H,3-4,6-7H2. The number of hydrogen-bond donors (Lipinski definition) is 1. The van der Waals surface area contributed by atoms with Crippen molar-refractivity contribution < 1.29 is 5.11 Å². The van der Waals surface area contributed by atoms with E-state index < -0.39 is 0 Å². The highest BCUT2D eigenvalue weighted by Crippen LogP contribution is 2.48. The lowest BCUT2D eigenvalue weighted by Crippen LogP contribution is -2.11. The first-order valence-corrected chi connectivity index (χ1v) is 5.25. The Hall–Kier alpha value is -0.410. The second-order valence-corrected chi connectivity index (χ2v) is 4.62. The maximum atomic E-state index is 9.17. The molecule has 1 fully saturated rings. The summed E-state index contributed by atoms with van der Waals surface area (Å²) in [7, 11) is 0. The lowest BCUT2D eigenvalue weighted by molar-refractivity contribution is 0.210. The van der Waals surface area contributed by atoms with E-state index in [2.05, 4.69) is 20.9 Å². The van der Waals surface area contributed by atoms with Crippen molar-refractivity contribution in [3.05, 3.63) is 28.5 Å². The molecule has 70 valence electrons. The highest BCUT2D eigenvalue weighted by atomic mass is 79.9. The average Bonchev–Trinajstić information content (AvgIpc) is 2.90. The normalized spacial score (nSPS) is 18.6. The molecule has 1 heterocycles. The van der Waals surface area contributed by atoms with Crippen molar-refractivity contribution in [1.29, 1.82) is 0 Å². The minimum atomic E-state index is 0.150. The van der Waals surface area contributed by atoms with Gasteiger partial charge < -0.3 is 5.11 Å². The first kappa shape index (κ1) is 9.16. The zero-order valence-electron chi connectivity index (χ0n) is 7.33. The molecule has 1 N–H and O–H groups in total. The van der Waals surface area contributed by atoms with Gasteiger partial charge in [-0.3, -0.25) is 4.98 Å². The Bertz CT molecular complexity index is 310. The van der Waals surface area contributed by atoms with Crippen LogP contribution < -0.4 is 0 Å². The van der Waals surface area contributed by atoms with E-state index in [1.807, 2.05) is 12.1 Å². The van der Waals surface area contributed by atoms with Gasteiger partial charge in [-0.2, -0.15) is 0 Å². The Labute approximate surface area is 86.1 Å². The molecule has 0 radical (unpaired) electrons. The van der Waals surface area contributed by atoms with Crippen LogP contribution in [0.15, 0.2) is 22.8 Å². The van der Waals surface area contributed by atoms with Crippen LogP contribution >= 0.6 is 15.9 Å². The fraction of sp³-hybridized carbons (Fsp3) is 0.500. The molecule has 1 aromatic heterocycles. The number of hydrogen-bond acceptors (Lipinski definition) is 2. The summed E-state index contributed by atoms with van der Waals surface area (Å²) in [6.07, 6.45) is 4.96. The summed E-state index contributed by atoms with van der Waals surface area (Å²) in [5, 5.41) is 9.17. The van der Waals surface area contributed by atoms with Crippen LogP contribution in [0, 0.1) is 5.41 Å². The highest BCUT2D eigenvalue weighted by Gasteiger charge is 2.42. The van der Waals surface area contributed by atoms with Gasteiger partial charge in [0.05, 0.1) is 5.69 Å². The number of aromatic nitrogens is 1. The van der Waals surface area contributed by atoms with Crippen molar-refractivity contribution in [1.82, 2.24) is 4.98 Å². The van der Waals surface area contributed by atoms with Gasteiger partial charge in [-0.1, -0.05) is 0 Å². The number of halogens is 1. The molecular weight excluding hydrogens is 230 g/mol. The van der Waals surface area contributed by atoms with Crippen LogP contribution in [-0.2, 0) is 6.42 Å². The molecular formula is C10H12BrNO. The van der Waals surface area contributed by atoms with Gasteiger partial charge in [0.25, 0.3) is 0 Å². The summed E-state index contributed by atoms with van der Waals surface area (Å²) in [5.41, 5.74) is 1.21. The molecule has 2 nitrogen and oxygen atoms in total. The van der Waals surface area contributed by atoms with Crippen LogP contribution in [0.4, 0.5) is 0 Å². The maximum absolute atomic E-state index is 9.17. The van der Waals surface area contributed by atoms with Crippen molar-refractivity contribution >= 4 is 15.9 Å². The van der Waals surface area contributed by atoms with Crippen molar-refractivity contribution in [3.8, 4) is 0 Å². The molecule has 1 saturated carbocycles. The minimum absolute atomic E-state index is 0.150. The molecule has 13 heavy (non-hydrogen) atoms. The second-order valence-electron chi connectivity index (χ2n) is 3.77. The van der Waals surface area contributed by atoms with Crippen molar-refractivity contribution in [2.75, 3.05) is 6.61 Å². The average molecular weight is 242 g/mol. The molecule has 2 rings (SSSR count). The number of rotatable bonds is 3. The summed E-state index contributed by atoms with van der Waals surface area (Å²) < 4.78 is 1.05. The van der Waals surface area contributed by atoms with E-state index in [9.17, 15) is 0 Å². The Morgan fingerprint density at radius 1 is 1.54 bits per heavy atom. The molecule has 1 aliphatic rings. The van der Waals surface area contributed by atoms with E-state index in [-0.39, 0.29) is 12.0 Å². The molecule has 1 aromatic rings. The Morgan fingerprint density at radius 3 is 2.85 bits per heavy atom. The van der Waals surface area contributed by atoms with Gasteiger partial charge in [-0.25, -0.2) is 0 Å². The van der Waals surface area contributed by atoms with E-state index in [1.54, 1.807) is 6.20 Å². The topological polar surface area (TPSA) is 33.1 Å². The van der Waals surface area contributed by atoms with Gasteiger partial charge in [-0.15, -0.1) is 0 Å². The minimum Gasteiger partial charge on any atom is -0.396 e. The van der Waals surface area contributed by atoms with E-state index in [1.165, 1.54) is 0 Å². The van der Waals surface area contributed by atoms with Gasteiger partial charge in [0, 0.05) is 17.3 Å². The van der Waals surface area contributed by atoms with Gasteiger partial charge in [0.15, 0.2) is 0 Å². The van der Waals surface area contributed by atoms with Crippen LogP contribution in [0.5, 0.6) is 0 Å². The third-order valence-corrected chi connectivity index (χ3v) is 3.39. The number of aliphatic hydroxyl groups excluding tert-OH is 1. The van der Waals surface area contributed by atoms with Crippen molar-refractivity contribution in [2.45, 2.75) is 19.3 Å². The quantitative estimate of drug-likeness (QED) is 0.880. The zero-order valence-corrected chi connectivity index (χ0v) is 8.92. The molecule has 0 atom stereocenters. The second kappa shape index (κ2) is 3.39. The molecule has 3 heteroatoms. The van der Waals surface area contributed by atoms with Crippen LogP contribution in [0.1, 0.15) is 18.5 Å². The monoisotopic (exact) mass is 241 g/mol. The molecule has 1 aliphatic carbocycles. The van der Waals surface area contributed by atoms with Gasteiger partial charge in [0.1, 0.15) is 0 Å². The fourth-order valence-corrected chi connectivity index (χ4v) is 1.87. The van der Waals surface area contributed by atoms with Crippen LogP contribution in [0.3, 0.4) is 0 Å².